The zero-order valence-electron chi connectivity index (χ0n) is 20.5. The van der Waals surface area contributed by atoms with E-state index in [-0.39, 0.29) is 23.9 Å². The molecule has 2 aromatic heterocycles. The number of aryl methyl sites for hydroxylation is 1. The van der Waals surface area contributed by atoms with E-state index < -0.39 is 5.82 Å². The van der Waals surface area contributed by atoms with E-state index >= 15 is 4.39 Å². The van der Waals surface area contributed by atoms with Crippen LogP contribution in [0.15, 0.2) is 12.3 Å². The molecule has 3 heterocycles. The molecule has 1 amide bonds. The molecule has 192 valence electrons. The number of amides is 1. The van der Waals surface area contributed by atoms with Gasteiger partial charge in [-0.1, -0.05) is 11.6 Å². The predicted octanol–water partition coefficient (Wildman–Crippen LogP) is 4.79. The third kappa shape index (κ3) is 4.84. The second-order valence-corrected chi connectivity index (χ2v) is 10.1. The highest BCUT2D eigenvalue weighted by Gasteiger charge is 2.29. The summed E-state index contributed by atoms with van der Waals surface area (Å²) in [6.45, 7) is 4.92. The topological polar surface area (TPSA) is 120 Å². The first-order valence-electron chi connectivity index (χ1n) is 12.4. The fourth-order valence-corrected chi connectivity index (χ4v) is 5.32. The Labute approximate surface area is 214 Å². The zero-order valence-corrected chi connectivity index (χ0v) is 21.2. The number of nitrogens with zero attached hydrogens (tertiary/aromatic N) is 4. The molecule has 0 bridgehead atoms. The van der Waals surface area contributed by atoms with Gasteiger partial charge in [0.25, 0.3) is 0 Å². The number of aromatic nitrogens is 4. The third-order valence-electron chi connectivity index (χ3n) is 7.30. The molecular weight excluding hydrogens is 485 g/mol. The number of carbonyl (C=O) groups excluding carboxylic acids is 1. The molecular formula is C25H31ClFN7O2. The number of nitrogens with one attached hydrogen (secondary N) is 2. The molecule has 0 spiro atoms. The van der Waals surface area contributed by atoms with Gasteiger partial charge in [0.15, 0.2) is 11.5 Å². The fraction of sp³-hybridized carbons (Fsp3) is 0.520. The highest BCUT2D eigenvalue weighted by Crippen LogP contribution is 2.38. The SMILES string of the molecule is Cc1cc(Nc2nc3cnc(NC4CCOCC4)nc3n2[C@H]2CC[C@@H](C(N)=O)CC2)c(F)c(C)c1Cl. The van der Waals surface area contributed by atoms with Crippen LogP contribution >= 0.6 is 11.6 Å². The van der Waals surface area contributed by atoms with Gasteiger partial charge in [-0.3, -0.25) is 9.36 Å². The molecule has 9 nitrogen and oxygen atoms in total. The zero-order chi connectivity index (χ0) is 25.4. The second-order valence-electron chi connectivity index (χ2n) is 9.77. The lowest BCUT2D eigenvalue weighted by atomic mass is 9.85. The summed E-state index contributed by atoms with van der Waals surface area (Å²) in [7, 11) is 0. The smallest absolute Gasteiger partial charge is 0.224 e. The highest BCUT2D eigenvalue weighted by molar-refractivity contribution is 6.32. The molecule has 1 aliphatic carbocycles. The van der Waals surface area contributed by atoms with Gasteiger partial charge < -0.3 is 21.1 Å². The monoisotopic (exact) mass is 515 g/mol. The number of benzene rings is 1. The van der Waals surface area contributed by atoms with Crippen molar-refractivity contribution < 1.29 is 13.9 Å². The van der Waals surface area contributed by atoms with Crippen LogP contribution in [-0.2, 0) is 9.53 Å². The Bertz CT molecular complexity index is 1280. The summed E-state index contributed by atoms with van der Waals surface area (Å²) in [5.74, 6) is 0.186. The maximum Gasteiger partial charge on any atom is 0.224 e. The lowest BCUT2D eigenvalue weighted by molar-refractivity contribution is -0.122. The van der Waals surface area contributed by atoms with E-state index in [4.69, 9.17) is 32.0 Å². The maximum atomic E-state index is 15.1. The van der Waals surface area contributed by atoms with Gasteiger partial charge in [-0.2, -0.15) is 4.98 Å². The molecule has 1 aromatic carbocycles. The Morgan fingerprint density at radius 3 is 2.58 bits per heavy atom. The van der Waals surface area contributed by atoms with Gasteiger partial charge in [0.05, 0.1) is 11.9 Å². The number of hydrogen-bond acceptors (Lipinski definition) is 7. The Balaban J connectivity index is 1.53. The Morgan fingerprint density at radius 2 is 1.89 bits per heavy atom. The number of rotatable bonds is 6. The third-order valence-corrected chi connectivity index (χ3v) is 7.88. The lowest BCUT2D eigenvalue weighted by Gasteiger charge is -2.29. The van der Waals surface area contributed by atoms with Gasteiger partial charge in [0.1, 0.15) is 5.52 Å². The Kier molecular flexibility index (Phi) is 6.98. The van der Waals surface area contributed by atoms with E-state index in [2.05, 4.69) is 15.6 Å². The van der Waals surface area contributed by atoms with Crippen LogP contribution in [0.3, 0.4) is 0 Å². The molecule has 2 aliphatic rings. The van der Waals surface area contributed by atoms with Crippen molar-refractivity contribution in [2.75, 3.05) is 23.8 Å². The van der Waals surface area contributed by atoms with Crippen LogP contribution in [-0.4, -0.2) is 44.7 Å². The van der Waals surface area contributed by atoms with Crippen LogP contribution < -0.4 is 16.4 Å². The molecule has 0 atom stereocenters. The highest BCUT2D eigenvalue weighted by atomic mass is 35.5. The van der Waals surface area contributed by atoms with Gasteiger partial charge in [0.2, 0.25) is 17.8 Å². The van der Waals surface area contributed by atoms with E-state index in [9.17, 15) is 4.79 Å². The number of primary amides is 1. The molecule has 0 unspecified atom stereocenters. The maximum absolute atomic E-state index is 15.1. The summed E-state index contributed by atoms with van der Waals surface area (Å²) in [4.78, 5) is 25.8. The van der Waals surface area contributed by atoms with E-state index in [0.29, 0.717) is 65.4 Å². The lowest BCUT2D eigenvalue weighted by Crippen LogP contribution is -2.29. The first-order valence-corrected chi connectivity index (χ1v) is 12.8. The summed E-state index contributed by atoms with van der Waals surface area (Å²) in [5, 5.41) is 7.02. The normalized spacial score (nSPS) is 21.0. The van der Waals surface area contributed by atoms with Crippen LogP contribution in [0.5, 0.6) is 0 Å². The molecule has 2 fully saturated rings. The second kappa shape index (κ2) is 10.2. The van der Waals surface area contributed by atoms with E-state index in [0.717, 1.165) is 31.2 Å². The number of imidazole rings is 1. The molecule has 1 aliphatic heterocycles. The molecule has 5 rings (SSSR count). The van der Waals surface area contributed by atoms with Gasteiger partial charge in [-0.05, 0) is 64.0 Å². The summed E-state index contributed by atoms with van der Waals surface area (Å²) >= 11 is 6.25. The average Bonchev–Trinajstić information content (AvgIpc) is 3.23. The minimum atomic E-state index is -0.422. The number of hydrogen-bond donors (Lipinski definition) is 3. The van der Waals surface area contributed by atoms with Gasteiger partial charge in [0, 0.05) is 41.8 Å². The van der Waals surface area contributed by atoms with Crippen molar-refractivity contribution in [3.8, 4) is 0 Å². The first-order chi connectivity index (χ1) is 17.3. The molecule has 11 heteroatoms. The van der Waals surface area contributed by atoms with Crippen LogP contribution in [0.4, 0.5) is 22.0 Å². The Hall–Kier alpha value is -2.98. The van der Waals surface area contributed by atoms with E-state index in [1.54, 1.807) is 19.2 Å². The number of ether oxygens (including phenoxy) is 1. The number of nitrogens with two attached hydrogens (primary N) is 1. The van der Waals surface area contributed by atoms with Gasteiger partial charge in [-0.15, -0.1) is 0 Å². The molecule has 36 heavy (non-hydrogen) atoms. The van der Waals surface area contributed by atoms with Crippen LogP contribution in [0.25, 0.3) is 11.2 Å². The van der Waals surface area contributed by atoms with Crippen LogP contribution in [0.2, 0.25) is 5.02 Å². The fourth-order valence-electron chi connectivity index (χ4n) is 5.19. The van der Waals surface area contributed by atoms with Crippen molar-refractivity contribution in [3.05, 3.63) is 34.2 Å². The Morgan fingerprint density at radius 1 is 1.17 bits per heavy atom. The standard InChI is InChI=1S/C25H31ClFN7O2/c1-13-11-18(21(27)14(2)20(13)26)31-25-32-19-12-29-24(30-16-7-9-36-10-8-16)33-23(19)34(25)17-5-3-15(4-6-17)22(28)35/h11-12,15-17H,3-10H2,1-2H3,(H2,28,35)(H,31,32)(H,29,30,33)/t15-,17+. The molecule has 0 radical (unpaired) electrons. The molecule has 1 saturated heterocycles. The van der Waals surface area contributed by atoms with Crippen molar-refractivity contribution in [3.63, 3.8) is 0 Å². The van der Waals surface area contributed by atoms with E-state index in [1.165, 1.54) is 0 Å². The summed E-state index contributed by atoms with van der Waals surface area (Å²) in [6, 6.07) is 1.95. The van der Waals surface area contributed by atoms with E-state index in [1.807, 2.05) is 11.5 Å². The quantitative estimate of drug-likeness (QED) is 0.431. The first kappa shape index (κ1) is 24.7. The van der Waals surface area contributed by atoms with Crippen molar-refractivity contribution in [1.82, 2.24) is 19.5 Å². The van der Waals surface area contributed by atoms with Gasteiger partial charge in [-0.25, -0.2) is 14.4 Å². The average molecular weight is 516 g/mol. The molecule has 4 N–H and O–H groups in total. The summed E-state index contributed by atoms with van der Waals surface area (Å²) < 4.78 is 22.6. The minimum absolute atomic E-state index is 0.0245. The molecule has 1 saturated carbocycles. The summed E-state index contributed by atoms with van der Waals surface area (Å²) in [6.07, 6.45) is 6.31. The molecule has 3 aromatic rings. The number of fused-ring (bicyclic) bond motifs is 1. The largest absolute Gasteiger partial charge is 0.381 e. The van der Waals surface area contributed by atoms with Gasteiger partial charge >= 0.3 is 0 Å². The van der Waals surface area contributed by atoms with Crippen LogP contribution in [0, 0.1) is 25.6 Å². The van der Waals surface area contributed by atoms with Crippen molar-refractivity contribution in [2.45, 2.75) is 64.5 Å². The van der Waals surface area contributed by atoms with Crippen LogP contribution in [0.1, 0.15) is 55.7 Å². The summed E-state index contributed by atoms with van der Waals surface area (Å²) in [5.41, 5.74) is 8.27. The van der Waals surface area contributed by atoms with Crippen molar-refractivity contribution in [1.29, 1.82) is 0 Å². The number of anilines is 3. The van der Waals surface area contributed by atoms with Crippen molar-refractivity contribution >= 4 is 46.3 Å². The minimum Gasteiger partial charge on any atom is -0.381 e. The number of carbonyl (C=O) groups is 1. The predicted molar refractivity (Wildman–Crippen MR) is 137 cm³/mol. The van der Waals surface area contributed by atoms with Crippen molar-refractivity contribution in [2.24, 2.45) is 11.7 Å². The number of halogens is 2.